The summed E-state index contributed by atoms with van der Waals surface area (Å²) in [5.41, 5.74) is 6.65. The van der Waals surface area contributed by atoms with Gasteiger partial charge in [0.25, 0.3) is 0 Å². The predicted molar refractivity (Wildman–Crippen MR) is 74.6 cm³/mol. The third kappa shape index (κ3) is 3.46. The second-order valence-corrected chi connectivity index (χ2v) is 5.46. The van der Waals surface area contributed by atoms with Gasteiger partial charge >= 0.3 is 0 Å². The van der Waals surface area contributed by atoms with E-state index >= 15 is 0 Å². The van der Waals surface area contributed by atoms with Crippen molar-refractivity contribution in [2.75, 3.05) is 12.4 Å². The molecule has 1 aromatic carbocycles. The van der Waals surface area contributed by atoms with Gasteiger partial charge in [-0.25, -0.2) is 0 Å². The zero-order chi connectivity index (χ0) is 13.1. The Morgan fingerprint density at radius 2 is 2.33 bits per heavy atom. The molecular formula is C13H17BrN2O2. The number of nitrogens with one attached hydrogen (secondary N) is 1. The molecule has 1 aromatic rings. The molecule has 0 spiro atoms. The molecule has 3 N–H and O–H groups in total. The number of methoxy groups -OCH3 is 1. The molecule has 4 nitrogen and oxygen atoms in total. The van der Waals surface area contributed by atoms with Crippen molar-refractivity contribution in [1.82, 2.24) is 0 Å². The number of carbonyl (C=O) groups excluding carboxylic acids is 1. The van der Waals surface area contributed by atoms with Gasteiger partial charge in [-0.2, -0.15) is 0 Å². The molecule has 18 heavy (non-hydrogen) atoms. The summed E-state index contributed by atoms with van der Waals surface area (Å²) in [4.78, 5) is 11.8. The normalized spacial score (nSPS) is 16.2. The standard InChI is InChI=1S/C13H17BrN2O2/c1-18-12-6-9(4-5-10(12)14)16-13(17)7-11(15)8-2-3-8/h4-6,8,11H,2-3,7,15H2,1H3,(H,16,17). The first-order chi connectivity index (χ1) is 8.60. The van der Waals surface area contributed by atoms with Crippen LogP contribution in [0.1, 0.15) is 19.3 Å². The molecule has 1 aliphatic rings. The molecule has 5 heteroatoms. The van der Waals surface area contributed by atoms with Crippen LogP contribution in [0.2, 0.25) is 0 Å². The minimum absolute atomic E-state index is 0.0117. The number of benzene rings is 1. The Morgan fingerprint density at radius 3 is 2.94 bits per heavy atom. The van der Waals surface area contributed by atoms with Gasteiger partial charge in [-0.15, -0.1) is 0 Å². The minimum Gasteiger partial charge on any atom is -0.495 e. The van der Waals surface area contributed by atoms with Crippen molar-refractivity contribution in [3.8, 4) is 5.75 Å². The van der Waals surface area contributed by atoms with Crippen molar-refractivity contribution in [1.29, 1.82) is 0 Å². The predicted octanol–water partition coefficient (Wildman–Crippen LogP) is 2.52. The molecule has 1 unspecified atom stereocenters. The molecule has 2 rings (SSSR count). The second kappa shape index (κ2) is 5.71. The van der Waals surface area contributed by atoms with Crippen molar-refractivity contribution in [3.63, 3.8) is 0 Å². The quantitative estimate of drug-likeness (QED) is 0.878. The Labute approximate surface area is 115 Å². The van der Waals surface area contributed by atoms with Crippen molar-refractivity contribution in [3.05, 3.63) is 22.7 Å². The lowest BCUT2D eigenvalue weighted by Crippen LogP contribution is -2.28. The van der Waals surface area contributed by atoms with Gasteiger partial charge in [0.05, 0.1) is 11.6 Å². The van der Waals surface area contributed by atoms with E-state index < -0.39 is 0 Å². The van der Waals surface area contributed by atoms with Gasteiger partial charge in [-0.05, 0) is 46.8 Å². The van der Waals surface area contributed by atoms with Crippen LogP contribution in [0.5, 0.6) is 5.75 Å². The van der Waals surface area contributed by atoms with Gasteiger partial charge in [0.2, 0.25) is 5.91 Å². The van der Waals surface area contributed by atoms with Crippen LogP contribution in [0.4, 0.5) is 5.69 Å². The van der Waals surface area contributed by atoms with Gasteiger partial charge in [0, 0.05) is 24.2 Å². The van der Waals surface area contributed by atoms with E-state index in [2.05, 4.69) is 21.2 Å². The molecule has 0 bridgehead atoms. The SMILES string of the molecule is COc1cc(NC(=O)CC(N)C2CC2)ccc1Br. The number of amides is 1. The number of nitrogens with two attached hydrogens (primary N) is 1. The maximum Gasteiger partial charge on any atom is 0.225 e. The Bertz CT molecular complexity index is 447. The zero-order valence-corrected chi connectivity index (χ0v) is 11.9. The average Bonchev–Trinajstić information content (AvgIpc) is 3.15. The van der Waals surface area contributed by atoms with E-state index in [0.717, 1.165) is 23.0 Å². The van der Waals surface area contributed by atoms with E-state index in [1.165, 1.54) is 0 Å². The minimum atomic E-state index is -0.0428. The fourth-order valence-corrected chi connectivity index (χ4v) is 2.26. The Hall–Kier alpha value is -1.07. The summed E-state index contributed by atoms with van der Waals surface area (Å²) in [5.74, 6) is 1.19. The van der Waals surface area contributed by atoms with E-state index in [-0.39, 0.29) is 11.9 Å². The lowest BCUT2D eigenvalue weighted by Gasteiger charge is -2.11. The van der Waals surface area contributed by atoms with Gasteiger partial charge in [0.15, 0.2) is 0 Å². The number of halogens is 1. The number of rotatable bonds is 5. The van der Waals surface area contributed by atoms with Crippen LogP contribution in [0.3, 0.4) is 0 Å². The molecule has 1 aliphatic carbocycles. The van der Waals surface area contributed by atoms with Crippen LogP contribution < -0.4 is 15.8 Å². The number of ether oxygens (including phenoxy) is 1. The topological polar surface area (TPSA) is 64.3 Å². The van der Waals surface area contributed by atoms with Gasteiger partial charge in [0.1, 0.15) is 5.75 Å². The summed E-state index contributed by atoms with van der Waals surface area (Å²) in [6, 6.07) is 5.44. The van der Waals surface area contributed by atoms with Crippen molar-refractivity contribution in [2.45, 2.75) is 25.3 Å². The molecule has 0 heterocycles. The smallest absolute Gasteiger partial charge is 0.225 e. The van der Waals surface area contributed by atoms with E-state index in [4.69, 9.17) is 10.5 Å². The summed E-state index contributed by atoms with van der Waals surface area (Å²) in [5, 5.41) is 2.84. The number of carbonyl (C=O) groups is 1. The highest BCUT2D eigenvalue weighted by Gasteiger charge is 2.29. The van der Waals surface area contributed by atoms with E-state index in [0.29, 0.717) is 18.1 Å². The van der Waals surface area contributed by atoms with Crippen molar-refractivity contribution < 1.29 is 9.53 Å². The Balaban J connectivity index is 1.93. The van der Waals surface area contributed by atoms with Gasteiger partial charge in [-0.1, -0.05) is 0 Å². The highest BCUT2D eigenvalue weighted by atomic mass is 79.9. The molecule has 0 saturated heterocycles. The summed E-state index contributed by atoms with van der Waals surface area (Å²) in [6.07, 6.45) is 2.68. The molecule has 1 fully saturated rings. The van der Waals surface area contributed by atoms with E-state index in [9.17, 15) is 4.79 Å². The highest BCUT2D eigenvalue weighted by molar-refractivity contribution is 9.10. The zero-order valence-electron chi connectivity index (χ0n) is 10.3. The summed E-state index contributed by atoms with van der Waals surface area (Å²) in [6.45, 7) is 0. The van der Waals surface area contributed by atoms with Crippen molar-refractivity contribution in [2.24, 2.45) is 11.7 Å². The highest BCUT2D eigenvalue weighted by Crippen LogP contribution is 2.33. The molecule has 0 aliphatic heterocycles. The molecular weight excluding hydrogens is 296 g/mol. The molecule has 1 amide bonds. The van der Waals surface area contributed by atoms with Gasteiger partial charge < -0.3 is 15.8 Å². The van der Waals surface area contributed by atoms with Crippen LogP contribution in [-0.2, 0) is 4.79 Å². The summed E-state index contributed by atoms with van der Waals surface area (Å²) < 4.78 is 6.03. The monoisotopic (exact) mass is 312 g/mol. The van der Waals surface area contributed by atoms with Crippen LogP contribution in [-0.4, -0.2) is 19.1 Å². The fraction of sp³-hybridized carbons (Fsp3) is 0.462. The number of hydrogen-bond acceptors (Lipinski definition) is 3. The first-order valence-corrected chi connectivity index (χ1v) is 6.78. The summed E-state index contributed by atoms with van der Waals surface area (Å²) in [7, 11) is 1.59. The molecule has 1 atom stereocenters. The van der Waals surface area contributed by atoms with Crippen LogP contribution in [0.15, 0.2) is 22.7 Å². The molecule has 0 aromatic heterocycles. The lowest BCUT2D eigenvalue weighted by molar-refractivity contribution is -0.116. The number of anilines is 1. The first kappa shape index (κ1) is 13.4. The maximum atomic E-state index is 11.8. The third-order valence-electron chi connectivity index (χ3n) is 3.08. The number of hydrogen-bond donors (Lipinski definition) is 2. The third-order valence-corrected chi connectivity index (χ3v) is 3.74. The lowest BCUT2D eigenvalue weighted by atomic mass is 10.1. The maximum absolute atomic E-state index is 11.8. The Kier molecular flexibility index (Phi) is 4.24. The largest absolute Gasteiger partial charge is 0.495 e. The second-order valence-electron chi connectivity index (χ2n) is 4.60. The fourth-order valence-electron chi connectivity index (χ4n) is 1.85. The van der Waals surface area contributed by atoms with Crippen LogP contribution in [0, 0.1) is 5.92 Å². The van der Waals surface area contributed by atoms with E-state index in [1.54, 1.807) is 13.2 Å². The van der Waals surface area contributed by atoms with Crippen molar-refractivity contribution >= 4 is 27.5 Å². The van der Waals surface area contributed by atoms with Crippen LogP contribution >= 0.6 is 15.9 Å². The Morgan fingerprint density at radius 1 is 1.61 bits per heavy atom. The average molecular weight is 313 g/mol. The molecule has 0 radical (unpaired) electrons. The van der Waals surface area contributed by atoms with Crippen LogP contribution in [0.25, 0.3) is 0 Å². The van der Waals surface area contributed by atoms with Gasteiger partial charge in [-0.3, -0.25) is 4.79 Å². The molecule has 1 saturated carbocycles. The first-order valence-electron chi connectivity index (χ1n) is 5.99. The van der Waals surface area contributed by atoms with E-state index in [1.807, 2.05) is 12.1 Å². The molecule has 98 valence electrons. The summed E-state index contributed by atoms with van der Waals surface area (Å²) >= 11 is 3.37.